The quantitative estimate of drug-likeness (QED) is 0.446. The highest BCUT2D eigenvalue weighted by molar-refractivity contribution is 7.99. The monoisotopic (exact) mass is 525 g/mol. The number of nitrogens with zero attached hydrogens (tertiary/aromatic N) is 3. The summed E-state index contributed by atoms with van der Waals surface area (Å²) in [6.07, 6.45) is 4.06. The van der Waals surface area contributed by atoms with Crippen LogP contribution in [0.2, 0.25) is 0 Å². The second-order valence-electron chi connectivity index (χ2n) is 10.2. The van der Waals surface area contributed by atoms with Gasteiger partial charge in [-0.2, -0.15) is 4.31 Å². The number of fused-ring (bicyclic) bond motifs is 2. The van der Waals surface area contributed by atoms with Gasteiger partial charge in [-0.25, -0.2) is 12.8 Å². The summed E-state index contributed by atoms with van der Waals surface area (Å²) in [5.41, 5.74) is 1.18. The maximum Gasteiger partial charge on any atom is 0.243 e. The Balaban J connectivity index is 1.01. The molecule has 3 aromatic carbocycles. The van der Waals surface area contributed by atoms with Crippen molar-refractivity contribution in [1.82, 2.24) is 9.21 Å². The van der Waals surface area contributed by atoms with Gasteiger partial charge in [0.15, 0.2) is 0 Å². The molecule has 0 radical (unpaired) electrons. The van der Waals surface area contributed by atoms with Crippen LogP contribution >= 0.6 is 11.8 Å². The van der Waals surface area contributed by atoms with Gasteiger partial charge in [-0.05, 0) is 72.7 Å². The second-order valence-corrected chi connectivity index (χ2v) is 13.2. The summed E-state index contributed by atoms with van der Waals surface area (Å²) in [6, 6.07) is 19.0. The summed E-state index contributed by atoms with van der Waals surface area (Å²) >= 11 is 1.73. The van der Waals surface area contributed by atoms with Crippen LogP contribution in [-0.2, 0) is 10.0 Å². The smallest absolute Gasteiger partial charge is 0.243 e. The maximum atomic E-state index is 13.6. The number of hydrogen-bond acceptors (Lipinski definition) is 5. The molecular formula is C28H32FN3O2S2. The number of likely N-dealkylation sites (tertiary alicyclic amines) is 1. The second kappa shape index (κ2) is 9.97. The third kappa shape index (κ3) is 4.76. The van der Waals surface area contributed by atoms with Gasteiger partial charge < -0.3 is 9.80 Å². The van der Waals surface area contributed by atoms with Crippen LogP contribution in [0.15, 0.2) is 70.5 Å². The molecule has 0 atom stereocenters. The van der Waals surface area contributed by atoms with Crippen LogP contribution in [0.4, 0.5) is 10.1 Å². The van der Waals surface area contributed by atoms with Crippen LogP contribution in [0, 0.1) is 11.7 Å². The first-order chi connectivity index (χ1) is 17.5. The van der Waals surface area contributed by atoms with Gasteiger partial charge in [-0.3, -0.25) is 0 Å². The number of thioether (sulfide) groups is 1. The van der Waals surface area contributed by atoms with E-state index in [4.69, 9.17) is 0 Å². The molecule has 0 bridgehead atoms. The van der Waals surface area contributed by atoms with Gasteiger partial charge in [-0.1, -0.05) is 30.3 Å². The van der Waals surface area contributed by atoms with E-state index in [2.05, 4.69) is 9.80 Å². The third-order valence-corrected chi connectivity index (χ3v) is 11.0. The van der Waals surface area contributed by atoms with Crippen LogP contribution in [0.5, 0.6) is 0 Å². The third-order valence-electron chi connectivity index (χ3n) is 8.04. The summed E-state index contributed by atoms with van der Waals surface area (Å²) in [4.78, 5) is 6.46. The number of halogens is 1. The summed E-state index contributed by atoms with van der Waals surface area (Å²) < 4.78 is 41.8. The lowest BCUT2D eigenvalue weighted by Crippen LogP contribution is -2.47. The van der Waals surface area contributed by atoms with Gasteiger partial charge in [0, 0.05) is 43.7 Å². The molecule has 0 unspecified atom stereocenters. The Morgan fingerprint density at radius 1 is 0.861 bits per heavy atom. The maximum absolute atomic E-state index is 13.6. The molecule has 0 amide bonds. The minimum Gasteiger partial charge on any atom is -0.358 e. The summed E-state index contributed by atoms with van der Waals surface area (Å²) in [7, 11) is -3.47. The highest BCUT2D eigenvalue weighted by Gasteiger charge is 2.33. The van der Waals surface area contributed by atoms with Crippen LogP contribution in [0.1, 0.15) is 25.7 Å². The summed E-state index contributed by atoms with van der Waals surface area (Å²) in [5, 5.41) is 2.01. The van der Waals surface area contributed by atoms with Crippen molar-refractivity contribution in [3.63, 3.8) is 0 Å². The van der Waals surface area contributed by atoms with E-state index in [0.29, 0.717) is 29.9 Å². The van der Waals surface area contributed by atoms with Gasteiger partial charge >= 0.3 is 0 Å². The molecule has 0 spiro atoms. The van der Waals surface area contributed by atoms with Crippen molar-refractivity contribution < 1.29 is 12.8 Å². The molecule has 5 nitrogen and oxygen atoms in total. The molecule has 0 N–H and O–H groups in total. The van der Waals surface area contributed by atoms with Gasteiger partial charge in [0.2, 0.25) is 10.0 Å². The van der Waals surface area contributed by atoms with E-state index < -0.39 is 10.0 Å². The van der Waals surface area contributed by atoms with Crippen molar-refractivity contribution >= 4 is 38.2 Å². The van der Waals surface area contributed by atoms with Crippen molar-refractivity contribution in [2.24, 2.45) is 5.92 Å². The molecule has 3 aromatic rings. The molecular weight excluding hydrogens is 493 g/mol. The average molecular weight is 526 g/mol. The number of anilines is 1. The number of sulfonamides is 1. The van der Waals surface area contributed by atoms with E-state index in [0.717, 1.165) is 66.9 Å². The Kier molecular flexibility index (Phi) is 6.71. The van der Waals surface area contributed by atoms with E-state index in [-0.39, 0.29) is 5.82 Å². The first kappa shape index (κ1) is 24.2. The summed E-state index contributed by atoms with van der Waals surface area (Å²) in [6.45, 7) is 4.37. The van der Waals surface area contributed by atoms with Crippen LogP contribution < -0.4 is 4.90 Å². The van der Waals surface area contributed by atoms with Gasteiger partial charge in [0.25, 0.3) is 0 Å². The van der Waals surface area contributed by atoms with Crippen molar-refractivity contribution in [3.8, 4) is 0 Å². The van der Waals surface area contributed by atoms with Crippen molar-refractivity contribution in [2.45, 2.75) is 41.5 Å². The van der Waals surface area contributed by atoms with E-state index in [1.54, 1.807) is 40.3 Å². The Labute approximate surface area is 217 Å². The zero-order valence-electron chi connectivity index (χ0n) is 20.4. The molecule has 2 fully saturated rings. The Hall–Kier alpha value is -2.13. The molecule has 2 saturated heterocycles. The zero-order valence-corrected chi connectivity index (χ0v) is 22.0. The van der Waals surface area contributed by atoms with Crippen LogP contribution in [0.3, 0.4) is 0 Å². The standard InChI is InChI=1S/C28H32FN3O2S2/c29-24-6-8-27-28(18-24)35-20-32(27)25-11-13-30(14-12-25)19-21-9-15-31(16-10-21)36(33,34)26-7-5-22-3-1-2-4-23(22)17-26/h1-8,17-18,21,25H,9-16,19-20H2. The highest BCUT2D eigenvalue weighted by atomic mass is 32.2. The first-order valence-corrected chi connectivity index (χ1v) is 15.3. The van der Waals surface area contributed by atoms with Gasteiger partial charge in [0.1, 0.15) is 5.82 Å². The van der Waals surface area contributed by atoms with E-state index >= 15 is 0 Å². The lowest BCUT2D eigenvalue weighted by molar-refractivity contribution is 0.152. The molecule has 0 aliphatic carbocycles. The molecule has 3 heterocycles. The number of benzene rings is 3. The van der Waals surface area contributed by atoms with Crippen LogP contribution in [0.25, 0.3) is 10.8 Å². The molecule has 3 aliphatic heterocycles. The number of hydrogen-bond donors (Lipinski definition) is 0. The SMILES string of the molecule is O=S(=O)(c1ccc2ccccc2c1)N1CCC(CN2CCC(N3CSc4cc(F)ccc43)CC2)CC1. The molecule has 36 heavy (non-hydrogen) atoms. The Morgan fingerprint density at radius 3 is 2.39 bits per heavy atom. The largest absolute Gasteiger partial charge is 0.358 e. The molecule has 3 aliphatic rings. The minimum atomic E-state index is -3.47. The summed E-state index contributed by atoms with van der Waals surface area (Å²) in [5.74, 6) is 1.29. The minimum absolute atomic E-state index is 0.158. The fourth-order valence-electron chi connectivity index (χ4n) is 5.94. The van der Waals surface area contributed by atoms with Crippen LogP contribution in [-0.4, -0.2) is 62.3 Å². The lowest BCUT2D eigenvalue weighted by atomic mass is 9.95. The fourth-order valence-corrected chi connectivity index (χ4v) is 8.60. The van der Waals surface area contributed by atoms with Crippen molar-refractivity contribution in [3.05, 3.63) is 66.5 Å². The highest BCUT2D eigenvalue weighted by Crippen LogP contribution is 2.41. The van der Waals surface area contributed by atoms with Crippen molar-refractivity contribution in [1.29, 1.82) is 0 Å². The fraction of sp³-hybridized carbons (Fsp3) is 0.429. The lowest BCUT2D eigenvalue weighted by Gasteiger charge is -2.40. The first-order valence-electron chi connectivity index (χ1n) is 12.9. The van der Waals surface area contributed by atoms with E-state index in [9.17, 15) is 12.8 Å². The molecule has 6 rings (SSSR count). The van der Waals surface area contributed by atoms with Crippen molar-refractivity contribution in [2.75, 3.05) is 43.5 Å². The van der Waals surface area contributed by atoms with Gasteiger partial charge in [-0.15, -0.1) is 11.8 Å². The van der Waals surface area contributed by atoms with E-state index in [1.807, 2.05) is 36.4 Å². The molecule has 0 aromatic heterocycles. The topological polar surface area (TPSA) is 43.9 Å². The molecule has 8 heteroatoms. The predicted molar refractivity (Wildman–Crippen MR) is 144 cm³/mol. The molecule has 0 saturated carbocycles. The predicted octanol–water partition coefficient (Wildman–Crippen LogP) is 5.41. The van der Waals surface area contributed by atoms with E-state index in [1.165, 1.54) is 5.69 Å². The number of piperidine rings is 2. The normalized spacial score (nSPS) is 20.8. The Morgan fingerprint density at radius 2 is 1.61 bits per heavy atom. The van der Waals surface area contributed by atoms with Gasteiger partial charge in [0.05, 0.1) is 16.5 Å². The zero-order chi connectivity index (χ0) is 24.7. The number of rotatable bonds is 5. The Bertz CT molecular complexity index is 1350. The molecule has 190 valence electrons. The average Bonchev–Trinajstić information content (AvgIpc) is 3.32.